The molecule has 1 aromatic heterocycles. The molecule has 0 bridgehead atoms. The van der Waals surface area contributed by atoms with Gasteiger partial charge in [-0.05, 0) is 12.5 Å². The second-order valence-corrected chi connectivity index (χ2v) is 3.35. The molecule has 0 radical (unpaired) electrons. The predicted molar refractivity (Wildman–Crippen MR) is 57.7 cm³/mol. The van der Waals surface area contributed by atoms with E-state index in [0.29, 0.717) is 10.9 Å². The van der Waals surface area contributed by atoms with Crippen LogP contribution in [0.4, 0.5) is 11.4 Å². The first-order valence-corrected chi connectivity index (χ1v) is 4.32. The predicted octanol–water partition coefficient (Wildman–Crippen LogP) is 0.971. The fourth-order valence-corrected chi connectivity index (χ4v) is 1.56. The number of fused-ring (bicyclic) bond motifs is 1. The number of nitrogens with two attached hydrogens (primary N) is 2. The van der Waals surface area contributed by atoms with Gasteiger partial charge in [0.1, 0.15) is 5.58 Å². The molecule has 0 aliphatic heterocycles. The highest BCUT2D eigenvalue weighted by Gasteiger charge is 2.12. The fraction of sp³-hybridized carbons (Fsp3) is 0.100. The van der Waals surface area contributed by atoms with E-state index in [1.807, 2.05) is 0 Å². The van der Waals surface area contributed by atoms with E-state index in [4.69, 9.17) is 15.9 Å². The highest BCUT2D eigenvalue weighted by molar-refractivity contribution is 5.98. The third-order valence-electron chi connectivity index (χ3n) is 2.27. The Labute approximate surface area is 84.9 Å². The van der Waals surface area contributed by atoms with Crippen LogP contribution in [0, 0.1) is 6.92 Å². The molecule has 78 valence electrons. The van der Waals surface area contributed by atoms with Crippen molar-refractivity contribution in [2.75, 3.05) is 11.5 Å². The lowest BCUT2D eigenvalue weighted by atomic mass is 10.1. The van der Waals surface area contributed by atoms with Gasteiger partial charge < -0.3 is 21.0 Å². The van der Waals surface area contributed by atoms with Crippen LogP contribution in [0.25, 0.3) is 11.0 Å². The van der Waals surface area contributed by atoms with Crippen LogP contribution in [0.3, 0.4) is 0 Å². The normalized spacial score (nSPS) is 10.7. The molecular weight excluding hydrogens is 196 g/mol. The molecule has 1 aromatic carbocycles. The first-order valence-electron chi connectivity index (χ1n) is 4.32. The number of benzene rings is 1. The van der Waals surface area contributed by atoms with Gasteiger partial charge in [0.2, 0.25) is 0 Å². The minimum absolute atomic E-state index is 0.0914. The number of rotatable bonds is 0. The van der Waals surface area contributed by atoms with Crippen molar-refractivity contribution in [1.29, 1.82) is 0 Å². The van der Waals surface area contributed by atoms with Crippen molar-refractivity contribution >= 4 is 22.3 Å². The van der Waals surface area contributed by atoms with Crippen molar-refractivity contribution in [3.8, 4) is 5.75 Å². The van der Waals surface area contributed by atoms with Crippen molar-refractivity contribution in [2.45, 2.75) is 6.92 Å². The Morgan fingerprint density at radius 3 is 2.67 bits per heavy atom. The summed E-state index contributed by atoms with van der Waals surface area (Å²) in [5.41, 5.74) is 11.9. The third-order valence-corrected chi connectivity index (χ3v) is 2.27. The molecule has 5 nitrogen and oxygen atoms in total. The number of aryl methyl sites for hydroxylation is 1. The molecule has 0 aliphatic rings. The Hall–Kier alpha value is -2.17. The number of hydrogen-bond acceptors (Lipinski definition) is 5. The van der Waals surface area contributed by atoms with Gasteiger partial charge in [-0.2, -0.15) is 0 Å². The van der Waals surface area contributed by atoms with E-state index in [-0.39, 0.29) is 22.7 Å². The Morgan fingerprint density at radius 1 is 1.33 bits per heavy atom. The number of nitrogen functional groups attached to an aromatic ring is 2. The zero-order valence-corrected chi connectivity index (χ0v) is 8.07. The summed E-state index contributed by atoms with van der Waals surface area (Å²) in [6, 6.07) is 2.70. The molecule has 0 amide bonds. The van der Waals surface area contributed by atoms with E-state index < -0.39 is 5.63 Å². The standard InChI is InChI=1S/C10H10N2O3/c1-4-2-7(13)15-6-3-5(11)10(14)9(12)8(4)6/h2-3,14H,11-12H2,1H3. The first-order chi connectivity index (χ1) is 7.00. The minimum Gasteiger partial charge on any atom is -0.504 e. The molecule has 5 N–H and O–H groups in total. The number of hydrogen-bond donors (Lipinski definition) is 3. The molecule has 0 fully saturated rings. The van der Waals surface area contributed by atoms with Crippen LogP contribution >= 0.6 is 0 Å². The Bertz CT molecular complexity index is 602. The lowest BCUT2D eigenvalue weighted by Gasteiger charge is -2.08. The summed E-state index contributed by atoms with van der Waals surface area (Å²) in [7, 11) is 0. The van der Waals surface area contributed by atoms with Crippen LogP contribution in [0.1, 0.15) is 5.56 Å². The van der Waals surface area contributed by atoms with Gasteiger partial charge in [-0.25, -0.2) is 4.79 Å². The van der Waals surface area contributed by atoms with Gasteiger partial charge in [0.05, 0.1) is 11.4 Å². The topological polar surface area (TPSA) is 102 Å². The molecule has 15 heavy (non-hydrogen) atoms. The van der Waals surface area contributed by atoms with Gasteiger partial charge in [-0.3, -0.25) is 0 Å². The quantitative estimate of drug-likeness (QED) is 0.338. The number of anilines is 2. The van der Waals surface area contributed by atoms with Gasteiger partial charge in [-0.1, -0.05) is 0 Å². The Morgan fingerprint density at radius 2 is 2.00 bits per heavy atom. The Kier molecular flexibility index (Phi) is 1.82. The number of aromatic hydroxyl groups is 1. The molecular formula is C10H10N2O3. The maximum atomic E-state index is 11.1. The molecule has 0 unspecified atom stereocenters. The van der Waals surface area contributed by atoms with E-state index in [1.165, 1.54) is 12.1 Å². The first kappa shape index (κ1) is 9.39. The smallest absolute Gasteiger partial charge is 0.336 e. The van der Waals surface area contributed by atoms with Gasteiger partial charge in [0, 0.05) is 17.5 Å². The lowest BCUT2D eigenvalue weighted by Crippen LogP contribution is -2.01. The maximum absolute atomic E-state index is 11.1. The average Bonchev–Trinajstić information content (AvgIpc) is 2.13. The van der Waals surface area contributed by atoms with E-state index in [2.05, 4.69) is 0 Å². The maximum Gasteiger partial charge on any atom is 0.336 e. The second-order valence-electron chi connectivity index (χ2n) is 3.35. The van der Waals surface area contributed by atoms with Crippen LogP contribution in [-0.4, -0.2) is 5.11 Å². The van der Waals surface area contributed by atoms with Gasteiger partial charge in [0.25, 0.3) is 0 Å². The Balaban J connectivity index is 3.05. The number of phenolic OH excluding ortho intramolecular Hbond substituents is 1. The van der Waals surface area contributed by atoms with Gasteiger partial charge in [-0.15, -0.1) is 0 Å². The van der Waals surface area contributed by atoms with Crippen molar-refractivity contribution in [2.24, 2.45) is 0 Å². The highest BCUT2D eigenvalue weighted by Crippen LogP contribution is 2.36. The van der Waals surface area contributed by atoms with Crippen LogP contribution in [-0.2, 0) is 0 Å². The molecule has 1 heterocycles. The largest absolute Gasteiger partial charge is 0.504 e. The minimum atomic E-state index is -0.468. The molecule has 2 rings (SSSR count). The zero-order chi connectivity index (χ0) is 11.2. The monoisotopic (exact) mass is 206 g/mol. The molecule has 0 atom stereocenters. The SMILES string of the molecule is Cc1cc(=O)oc2cc(N)c(O)c(N)c12. The van der Waals surface area contributed by atoms with Crippen molar-refractivity contribution in [3.05, 3.63) is 28.1 Å². The summed E-state index contributed by atoms with van der Waals surface area (Å²) >= 11 is 0. The van der Waals surface area contributed by atoms with Crippen LogP contribution in [0.15, 0.2) is 21.3 Å². The van der Waals surface area contributed by atoms with Crippen LogP contribution < -0.4 is 17.1 Å². The summed E-state index contributed by atoms with van der Waals surface area (Å²) < 4.78 is 4.93. The van der Waals surface area contributed by atoms with E-state index in [9.17, 15) is 9.90 Å². The summed E-state index contributed by atoms with van der Waals surface area (Å²) in [5.74, 6) is -0.181. The zero-order valence-electron chi connectivity index (χ0n) is 8.07. The van der Waals surface area contributed by atoms with Crippen LogP contribution in [0.2, 0.25) is 0 Å². The highest BCUT2D eigenvalue weighted by atomic mass is 16.4. The van der Waals surface area contributed by atoms with E-state index >= 15 is 0 Å². The van der Waals surface area contributed by atoms with Crippen molar-refractivity contribution in [1.82, 2.24) is 0 Å². The molecule has 0 saturated heterocycles. The van der Waals surface area contributed by atoms with Crippen molar-refractivity contribution < 1.29 is 9.52 Å². The van der Waals surface area contributed by atoms with E-state index in [1.54, 1.807) is 6.92 Å². The van der Waals surface area contributed by atoms with E-state index in [0.717, 1.165) is 0 Å². The second kappa shape index (κ2) is 2.91. The molecule has 0 saturated carbocycles. The fourth-order valence-electron chi connectivity index (χ4n) is 1.56. The third kappa shape index (κ3) is 1.28. The lowest BCUT2D eigenvalue weighted by molar-refractivity contribution is 0.480. The molecule has 5 heteroatoms. The molecule has 0 spiro atoms. The van der Waals surface area contributed by atoms with Crippen molar-refractivity contribution in [3.63, 3.8) is 0 Å². The summed E-state index contributed by atoms with van der Waals surface area (Å²) in [4.78, 5) is 11.1. The molecule has 2 aromatic rings. The molecule has 0 aliphatic carbocycles. The summed E-state index contributed by atoms with van der Waals surface area (Å²) in [6.07, 6.45) is 0. The summed E-state index contributed by atoms with van der Waals surface area (Å²) in [5, 5.41) is 10.0. The number of phenols is 1. The average molecular weight is 206 g/mol. The van der Waals surface area contributed by atoms with Gasteiger partial charge in [0.15, 0.2) is 5.75 Å². The summed E-state index contributed by atoms with van der Waals surface area (Å²) in [6.45, 7) is 1.71. The van der Waals surface area contributed by atoms with Gasteiger partial charge >= 0.3 is 5.63 Å². The van der Waals surface area contributed by atoms with Crippen LogP contribution in [0.5, 0.6) is 5.75 Å².